The maximum absolute atomic E-state index is 13.0. The molecule has 2 N–H and O–H groups in total. The molecule has 0 bridgehead atoms. The lowest BCUT2D eigenvalue weighted by atomic mass is 10.3. The number of ether oxygens (including phenoxy) is 2. The highest BCUT2D eigenvalue weighted by Crippen LogP contribution is 2.31. The molecule has 100 valence electrons. The van der Waals surface area contributed by atoms with E-state index < -0.39 is 0 Å². The minimum Gasteiger partial charge on any atom is -0.476 e. The van der Waals surface area contributed by atoms with Gasteiger partial charge < -0.3 is 15.2 Å². The Morgan fingerprint density at radius 3 is 2.79 bits per heavy atom. The second-order valence-electron chi connectivity index (χ2n) is 3.65. The van der Waals surface area contributed by atoms with Gasteiger partial charge in [0.05, 0.1) is 16.8 Å². The predicted molar refractivity (Wildman–Crippen MR) is 74.0 cm³/mol. The van der Waals surface area contributed by atoms with Crippen molar-refractivity contribution in [1.29, 1.82) is 0 Å². The molecule has 6 heteroatoms. The summed E-state index contributed by atoms with van der Waals surface area (Å²) >= 11 is 3.22. The summed E-state index contributed by atoms with van der Waals surface area (Å²) in [6.45, 7) is 2.30. The van der Waals surface area contributed by atoms with E-state index >= 15 is 0 Å². The van der Waals surface area contributed by atoms with Gasteiger partial charge in [0.15, 0.2) is 0 Å². The number of benzene rings is 1. The molecule has 0 unspecified atom stereocenters. The maximum Gasteiger partial charge on any atom is 0.240 e. The number of anilines is 1. The molecule has 0 fully saturated rings. The first kappa shape index (κ1) is 13.6. The lowest BCUT2D eigenvalue weighted by Crippen LogP contribution is -2.00. The van der Waals surface area contributed by atoms with Crippen molar-refractivity contribution in [3.8, 4) is 17.5 Å². The summed E-state index contributed by atoms with van der Waals surface area (Å²) in [5, 5.41) is 0. The number of pyridine rings is 1. The van der Waals surface area contributed by atoms with Gasteiger partial charge in [0.25, 0.3) is 0 Å². The minimum absolute atomic E-state index is 0.318. The van der Waals surface area contributed by atoms with Crippen LogP contribution in [-0.4, -0.2) is 11.6 Å². The van der Waals surface area contributed by atoms with Crippen molar-refractivity contribution in [3.63, 3.8) is 0 Å². The Morgan fingerprint density at radius 1 is 1.32 bits per heavy atom. The zero-order chi connectivity index (χ0) is 13.8. The van der Waals surface area contributed by atoms with Crippen LogP contribution < -0.4 is 15.2 Å². The van der Waals surface area contributed by atoms with Gasteiger partial charge >= 0.3 is 0 Å². The van der Waals surface area contributed by atoms with Gasteiger partial charge in [0.1, 0.15) is 11.6 Å². The van der Waals surface area contributed by atoms with Gasteiger partial charge in [-0.3, -0.25) is 0 Å². The molecule has 0 amide bonds. The van der Waals surface area contributed by atoms with Gasteiger partial charge in [-0.1, -0.05) is 0 Å². The Labute approximate surface area is 118 Å². The van der Waals surface area contributed by atoms with Crippen LogP contribution in [0, 0.1) is 5.82 Å². The molecule has 0 aliphatic heterocycles. The van der Waals surface area contributed by atoms with Crippen molar-refractivity contribution in [1.82, 2.24) is 4.98 Å². The molecule has 1 heterocycles. The van der Waals surface area contributed by atoms with Crippen molar-refractivity contribution in [3.05, 3.63) is 40.6 Å². The summed E-state index contributed by atoms with van der Waals surface area (Å²) in [5.41, 5.74) is 6.15. The predicted octanol–water partition coefficient (Wildman–Crippen LogP) is 3.76. The SMILES string of the molecule is CCOc1nc(Oc2ccc(F)cc2Br)ccc1N. The van der Waals surface area contributed by atoms with Crippen LogP contribution in [0.1, 0.15) is 6.92 Å². The zero-order valence-electron chi connectivity index (χ0n) is 10.2. The molecule has 0 radical (unpaired) electrons. The van der Waals surface area contributed by atoms with E-state index in [1.807, 2.05) is 6.92 Å². The van der Waals surface area contributed by atoms with Crippen LogP contribution >= 0.6 is 15.9 Å². The van der Waals surface area contributed by atoms with Crippen LogP contribution in [0.3, 0.4) is 0 Å². The zero-order valence-corrected chi connectivity index (χ0v) is 11.8. The van der Waals surface area contributed by atoms with E-state index in [0.29, 0.717) is 34.3 Å². The number of aromatic nitrogens is 1. The number of hydrogen-bond acceptors (Lipinski definition) is 4. The first-order valence-corrected chi connectivity index (χ1v) is 6.41. The number of nitrogen functional groups attached to an aromatic ring is 1. The summed E-state index contributed by atoms with van der Waals surface area (Å²) in [5.74, 6) is 0.754. The van der Waals surface area contributed by atoms with Crippen molar-refractivity contribution >= 4 is 21.6 Å². The summed E-state index contributed by atoms with van der Waals surface area (Å²) in [6, 6.07) is 7.40. The van der Waals surface area contributed by atoms with Gasteiger partial charge in [-0.15, -0.1) is 0 Å². The third kappa shape index (κ3) is 3.35. The van der Waals surface area contributed by atoms with Crippen LogP contribution in [-0.2, 0) is 0 Å². The number of nitrogens with zero attached hydrogens (tertiary/aromatic N) is 1. The fraction of sp³-hybridized carbons (Fsp3) is 0.154. The molecule has 1 aromatic heterocycles. The maximum atomic E-state index is 13.0. The Kier molecular flexibility index (Phi) is 4.21. The van der Waals surface area contributed by atoms with Gasteiger partial charge in [0, 0.05) is 6.07 Å². The molecule has 0 spiro atoms. The van der Waals surface area contributed by atoms with Gasteiger partial charge in [-0.05, 0) is 47.1 Å². The normalized spacial score (nSPS) is 10.3. The molecular formula is C13H12BrFN2O2. The Hall–Kier alpha value is -1.82. The van der Waals surface area contributed by atoms with Crippen LogP contribution in [0.25, 0.3) is 0 Å². The molecule has 2 aromatic rings. The van der Waals surface area contributed by atoms with E-state index in [4.69, 9.17) is 15.2 Å². The average molecular weight is 327 g/mol. The lowest BCUT2D eigenvalue weighted by molar-refractivity contribution is 0.323. The highest BCUT2D eigenvalue weighted by molar-refractivity contribution is 9.10. The minimum atomic E-state index is -0.348. The number of nitrogens with two attached hydrogens (primary N) is 1. The van der Waals surface area contributed by atoms with Crippen LogP contribution in [0.2, 0.25) is 0 Å². The Balaban J connectivity index is 2.25. The van der Waals surface area contributed by atoms with Crippen LogP contribution in [0.15, 0.2) is 34.8 Å². The molecule has 0 aliphatic carbocycles. The largest absolute Gasteiger partial charge is 0.476 e. The molecular weight excluding hydrogens is 315 g/mol. The number of hydrogen-bond donors (Lipinski definition) is 1. The van der Waals surface area contributed by atoms with Gasteiger partial charge in [0.2, 0.25) is 11.8 Å². The summed E-state index contributed by atoms with van der Waals surface area (Å²) < 4.78 is 24.3. The van der Waals surface area contributed by atoms with Gasteiger partial charge in [-0.25, -0.2) is 4.39 Å². The van der Waals surface area contributed by atoms with E-state index in [0.717, 1.165) is 0 Å². The fourth-order valence-electron chi connectivity index (χ4n) is 1.41. The van der Waals surface area contributed by atoms with Gasteiger partial charge in [-0.2, -0.15) is 4.98 Å². The topological polar surface area (TPSA) is 57.4 Å². The summed E-state index contributed by atoms with van der Waals surface area (Å²) in [7, 11) is 0. The third-order valence-corrected chi connectivity index (χ3v) is 2.87. The van der Waals surface area contributed by atoms with Crippen molar-refractivity contribution < 1.29 is 13.9 Å². The Morgan fingerprint density at radius 2 is 2.11 bits per heavy atom. The van der Waals surface area contributed by atoms with E-state index in [-0.39, 0.29) is 5.82 Å². The van der Waals surface area contributed by atoms with E-state index in [2.05, 4.69) is 20.9 Å². The highest BCUT2D eigenvalue weighted by atomic mass is 79.9. The lowest BCUT2D eigenvalue weighted by Gasteiger charge is -2.10. The molecule has 0 saturated heterocycles. The quantitative estimate of drug-likeness (QED) is 0.929. The molecule has 4 nitrogen and oxygen atoms in total. The standard InChI is InChI=1S/C13H12BrFN2O2/c1-2-18-13-10(16)4-6-12(17-13)19-11-5-3-8(15)7-9(11)14/h3-7H,2,16H2,1H3. The van der Waals surface area contributed by atoms with Crippen LogP contribution in [0.5, 0.6) is 17.5 Å². The Bertz CT molecular complexity index is 593. The molecule has 19 heavy (non-hydrogen) atoms. The molecule has 0 saturated carbocycles. The van der Waals surface area contributed by atoms with E-state index in [1.54, 1.807) is 12.1 Å². The van der Waals surface area contributed by atoms with Crippen molar-refractivity contribution in [2.45, 2.75) is 6.92 Å². The monoisotopic (exact) mass is 326 g/mol. The molecule has 2 rings (SSSR count). The molecule has 0 atom stereocenters. The summed E-state index contributed by atoms with van der Waals surface area (Å²) in [4.78, 5) is 4.14. The number of rotatable bonds is 4. The number of halogens is 2. The fourth-order valence-corrected chi connectivity index (χ4v) is 1.85. The average Bonchev–Trinajstić information content (AvgIpc) is 2.37. The molecule has 1 aromatic carbocycles. The first-order chi connectivity index (χ1) is 9.10. The van der Waals surface area contributed by atoms with E-state index in [9.17, 15) is 4.39 Å². The second-order valence-corrected chi connectivity index (χ2v) is 4.51. The molecule has 0 aliphatic rings. The highest BCUT2D eigenvalue weighted by Gasteiger charge is 2.08. The second kappa shape index (κ2) is 5.88. The first-order valence-electron chi connectivity index (χ1n) is 5.62. The van der Waals surface area contributed by atoms with Crippen molar-refractivity contribution in [2.75, 3.05) is 12.3 Å². The summed E-state index contributed by atoms with van der Waals surface area (Å²) in [6.07, 6.45) is 0. The smallest absolute Gasteiger partial charge is 0.240 e. The van der Waals surface area contributed by atoms with Crippen molar-refractivity contribution in [2.24, 2.45) is 0 Å². The third-order valence-electron chi connectivity index (χ3n) is 2.25. The van der Waals surface area contributed by atoms with Crippen LogP contribution in [0.4, 0.5) is 10.1 Å². The van der Waals surface area contributed by atoms with E-state index in [1.165, 1.54) is 18.2 Å².